The smallest absolute Gasteiger partial charge is 0.341 e. The van der Waals surface area contributed by atoms with Crippen molar-refractivity contribution >= 4 is 36.3 Å². The van der Waals surface area contributed by atoms with Crippen LogP contribution in [0.5, 0.6) is 34.5 Å². The summed E-state index contributed by atoms with van der Waals surface area (Å²) in [6, 6.07) is 9.68. The molecule has 0 saturated heterocycles. The summed E-state index contributed by atoms with van der Waals surface area (Å²) < 4.78 is 110. The van der Waals surface area contributed by atoms with Gasteiger partial charge in [-0.25, -0.2) is 4.79 Å². The van der Waals surface area contributed by atoms with Crippen molar-refractivity contribution in [3.8, 4) is 56.8 Å². The van der Waals surface area contributed by atoms with Crippen LogP contribution in [0, 0.1) is 0 Å². The molecule has 0 amide bonds. The Morgan fingerprint density at radius 3 is 1.77 bits per heavy atom. The van der Waals surface area contributed by atoms with Gasteiger partial charge >= 0.3 is 36.3 Å². The molecule has 47 heavy (non-hydrogen) atoms. The van der Waals surface area contributed by atoms with E-state index in [2.05, 4.69) is 0 Å². The summed E-state index contributed by atoms with van der Waals surface area (Å²) in [5, 5.41) is 0. The fourth-order valence-electron chi connectivity index (χ4n) is 4.24. The van der Waals surface area contributed by atoms with E-state index in [4.69, 9.17) is 31.5 Å². The van der Waals surface area contributed by atoms with Gasteiger partial charge in [0.1, 0.15) is 23.7 Å². The van der Waals surface area contributed by atoms with Gasteiger partial charge in [0, 0.05) is 5.56 Å². The van der Waals surface area contributed by atoms with E-state index in [9.17, 15) is 30.0 Å². The number of ether oxygens (including phenoxy) is 4. The zero-order valence-corrected chi connectivity index (χ0v) is 29.2. The van der Waals surface area contributed by atoms with Gasteiger partial charge in [0.05, 0.1) is 45.7 Å². The lowest BCUT2D eigenvalue weighted by Crippen LogP contribution is -2.13. The van der Waals surface area contributed by atoms with Crippen LogP contribution in [0.15, 0.2) is 54.1 Å². The number of methoxy groups -OCH3 is 3. The summed E-state index contributed by atoms with van der Waals surface area (Å²) in [6.45, 7) is 3.56. The van der Waals surface area contributed by atoms with E-state index >= 15 is 0 Å². The molecule has 0 aliphatic heterocycles. The molecular formula is C30H34O14S3. The molecule has 0 aliphatic carbocycles. The lowest BCUT2D eigenvalue weighted by Gasteiger charge is -2.22. The maximum atomic E-state index is 13.0. The second-order valence-corrected chi connectivity index (χ2v) is 14.9. The van der Waals surface area contributed by atoms with Gasteiger partial charge in [-0.1, -0.05) is 17.7 Å². The summed E-state index contributed by atoms with van der Waals surface area (Å²) in [5.41, 5.74) is 1.20. The van der Waals surface area contributed by atoms with E-state index in [-0.39, 0.29) is 57.6 Å². The van der Waals surface area contributed by atoms with E-state index in [1.165, 1.54) is 56.7 Å². The predicted molar refractivity (Wildman–Crippen MR) is 173 cm³/mol. The zero-order chi connectivity index (χ0) is 35.3. The van der Waals surface area contributed by atoms with Gasteiger partial charge in [0.2, 0.25) is 0 Å². The van der Waals surface area contributed by atoms with E-state index in [1.807, 2.05) is 13.8 Å². The van der Waals surface area contributed by atoms with Gasteiger partial charge in [0.25, 0.3) is 0 Å². The first-order valence-corrected chi connectivity index (χ1v) is 18.8. The topological polar surface area (TPSA) is 184 Å². The average molecular weight is 715 g/mol. The standard InChI is InChI=1S/C30H34O14S3/c1-18(2)13-14-41-27-23(30(31)40-5)15-20(16-25(27)43-46(7,34)35)26-24(38-3)17-22(28(39-4)29(26)44-47(8,36)37)19-9-11-21(12-10-19)42-45(6,32)33/h9-13,15-17H,14H2,1-8H3. The van der Waals surface area contributed by atoms with Crippen LogP contribution in [-0.2, 0) is 35.1 Å². The molecule has 0 saturated carbocycles. The minimum Gasteiger partial charge on any atom is -0.496 e. The third-order valence-electron chi connectivity index (χ3n) is 5.98. The fraction of sp³-hybridized carbons (Fsp3) is 0.300. The van der Waals surface area contributed by atoms with Gasteiger partial charge in [0.15, 0.2) is 23.0 Å². The fourth-order valence-corrected chi connectivity index (χ4v) is 5.61. The van der Waals surface area contributed by atoms with Crippen molar-refractivity contribution in [3.63, 3.8) is 0 Å². The van der Waals surface area contributed by atoms with Gasteiger partial charge in [-0.2, -0.15) is 25.3 Å². The van der Waals surface area contributed by atoms with Gasteiger partial charge < -0.3 is 31.5 Å². The summed E-state index contributed by atoms with van der Waals surface area (Å²) in [4.78, 5) is 13.0. The first-order valence-electron chi connectivity index (χ1n) is 13.4. The van der Waals surface area contributed by atoms with Crippen molar-refractivity contribution in [1.29, 1.82) is 0 Å². The van der Waals surface area contributed by atoms with Gasteiger partial charge in [-0.05, 0) is 61.4 Å². The van der Waals surface area contributed by atoms with E-state index < -0.39 is 42.1 Å². The highest BCUT2D eigenvalue weighted by Gasteiger charge is 2.30. The Morgan fingerprint density at radius 1 is 0.681 bits per heavy atom. The van der Waals surface area contributed by atoms with Crippen molar-refractivity contribution < 1.29 is 61.5 Å². The Bertz CT molecular complexity index is 2010. The van der Waals surface area contributed by atoms with Crippen LogP contribution in [0.2, 0.25) is 0 Å². The number of benzene rings is 3. The molecule has 0 bridgehead atoms. The molecule has 256 valence electrons. The molecule has 17 heteroatoms. The van der Waals surface area contributed by atoms with Crippen molar-refractivity contribution in [1.82, 2.24) is 0 Å². The minimum atomic E-state index is -4.26. The Balaban J connectivity index is 2.46. The van der Waals surface area contributed by atoms with Crippen LogP contribution in [0.3, 0.4) is 0 Å². The molecule has 0 aromatic heterocycles. The highest BCUT2D eigenvalue weighted by Crippen LogP contribution is 2.52. The first-order chi connectivity index (χ1) is 21.8. The van der Waals surface area contributed by atoms with E-state index in [1.54, 1.807) is 6.08 Å². The van der Waals surface area contributed by atoms with Crippen LogP contribution in [0.25, 0.3) is 22.3 Å². The number of hydrogen-bond donors (Lipinski definition) is 0. The van der Waals surface area contributed by atoms with Crippen molar-refractivity contribution in [3.05, 3.63) is 59.7 Å². The Labute approximate surface area is 274 Å². The van der Waals surface area contributed by atoms with Crippen LogP contribution >= 0.6 is 0 Å². The third-order valence-corrected chi connectivity index (χ3v) is 7.43. The molecule has 0 unspecified atom stereocenters. The summed E-state index contributed by atoms with van der Waals surface area (Å²) in [7, 11) is -8.61. The van der Waals surface area contributed by atoms with Crippen LogP contribution in [-0.4, -0.2) is 77.9 Å². The molecule has 3 rings (SSSR count). The van der Waals surface area contributed by atoms with E-state index in [0.717, 1.165) is 31.5 Å². The molecule has 0 fully saturated rings. The minimum absolute atomic E-state index is 0.00383. The van der Waals surface area contributed by atoms with Crippen molar-refractivity contribution in [2.75, 3.05) is 46.7 Å². The SMILES string of the molecule is COC(=O)c1cc(-c2c(OC)cc(-c3ccc(OS(C)(=O)=O)cc3)c(OC)c2OS(C)(=O)=O)cc(OS(C)(=O)=O)c1OCC=C(C)C. The lowest BCUT2D eigenvalue weighted by molar-refractivity contribution is 0.0596. The molecule has 3 aromatic rings. The Hall–Kier alpha value is -4.48. The van der Waals surface area contributed by atoms with Gasteiger partial charge in [-0.15, -0.1) is 0 Å². The average Bonchev–Trinajstić information content (AvgIpc) is 2.94. The highest BCUT2D eigenvalue weighted by atomic mass is 32.2. The maximum Gasteiger partial charge on any atom is 0.341 e. The number of rotatable bonds is 14. The third kappa shape index (κ3) is 10.0. The number of allylic oxidation sites excluding steroid dienone is 1. The molecule has 0 heterocycles. The molecule has 0 spiro atoms. The van der Waals surface area contributed by atoms with Crippen LogP contribution in [0.1, 0.15) is 24.2 Å². The van der Waals surface area contributed by atoms with Crippen LogP contribution < -0.4 is 26.8 Å². The number of hydrogen-bond acceptors (Lipinski definition) is 14. The normalized spacial score (nSPS) is 11.7. The second-order valence-electron chi connectivity index (χ2n) is 10.2. The molecule has 0 aliphatic rings. The Kier molecular flexibility index (Phi) is 11.4. The molecule has 3 aromatic carbocycles. The number of esters is 1. The summed E-state index contributed by atoms with van der Waals surface area (Å²) in [6.07, 6.45) is 4.16. The van der Waals surface area contributed by atoms with Crippen molar-refractivity contribution in [2.24, 2.45) is 0 Å². The molecule has 0 radical (unpaired) electrons. The van der Waals surface area contributed by atoms with Crippen molar-refractivity contribution in [2.45, 2.75) is 13.8 Å². The van der Waals surface area contributed by atoms with Gasteiger partial charge in [-0.3, -0.25) is 0 Å². The zero-order valence-electron chi connectivity index (χ0n) is 26.8. The summed E-state index contributed by atoms with van der Waals surface area (Å²) in [5.74, 6) is -2.08. The van der Waals surface area contributed by atoms with Crippen LogP contribution in [0.4, 0.5) is 0 Å². The first kappa shape index (κ1) is 37.0. The number of carbonyl (C=O) groups excluding carboxylic acids is 1. The molecule has 0 atom stereocenters. The molecular weight excluding hydrogens is 681 g/mol. The quantitative estimate of drug-likeness (QED) is 0.132. The second kappa shape index (κ2) is 14.5. The predicted octanol–water partition coefficient (Wildman–Crippen LogP) is 4.18. The Morgan fingerprint density at radius 2 is 1.28 bits per heavy atom. The highest BCUT2D eigenvalue weighted by molar-refractivity contribution is 7.86. The largest absolute Gasteiger partial charge is 0.496 e. The number of carbonyl (C=O) groups is 1. The molecule has 14 nitrogen and oxygen atoms in total. The maximum absolute atomic E-state index is 13.0. The summed E-state index contributed by atoms with van der Waals surface area (Å²) >= 11 is 0. The molecule has 0 N–H and O–H groups in total. The monoisotopic (exact) mass is 714 g/mol. The van der Waals surface area contributed by atoms with E-state index in [0.29, 0.717) is 5.56 Å². The lowest BCUT2D eigenvalue weighted by atomic mass is 9.95.